The molecular weight excluding hydrogens is 400 g/mol. The van der Waals surface area contributed by atoms with E-state index >= 15 is 0 Å². The van der Waals surface area contributed by atoms with Gasteiger partial charge in [-0.3, -0.25) is 0 Å². The molecule has 0 spiro atoms. The van der Waals surface area contributed by atoms with E-state index in [0.717, 1.165) is 46.5 Å². The topological polar surface area (TPSA) is 94.6 Å². The molecule has 2 atom stereocenters. The first-order valence-corrected chi connectivity index (χ1v) is 11.0. The summed E-state index contributed by atoms with van der Waals surface area (Å²) in [5, 5.41) is 23.2. The lowest BCUT2D eigenvalue weighted by molar-refractivity contribution is 0.144. The van der Waals surface area contributed by atoms with Crippen molar-refractivity contribution in [3.63, 3.8) is 0 Å². The Hall–Kier alpha value is -2.90. The van der Waals surface area contributed by atoms with Crippen LogP contribution in [0.4, 0.5) is 4.79 Å². The number of aromatic hydroxyl groups is 1. The van der Waals surface area contributed by atoms with Gasteiger partial charge in [-0.05, 0) is 53.6 Å². The second-order valence-corrected chi connectivity index (χ2v) is 8.40. The van der Waals surface area contributed by atoms with Crippen LogP contribution in [0.2, 0.25) is 0 Å². The van der Waals surface area contributed by atoms with Gasteiger partial charge in [0.25, 0.3) is 0 Å². The van der Waals surface area contributed by atoms with E-state index in [1.807, 2.05) is 36.2 Å². The first-order valence-electron chi connectivity index (χ1n) is 9.87. The molecule has 2 heterocycles. The van der Waals surface area contributed by atoms with Crippen molar-refractivity contribution in [3.8, 4) is 11.5 Å². The van der Waals surface area contributed by atoms with Gasteiger partial charge < -0.3 is 25.3 Å². The maximum absolute atomic E-state index is 10.8. The predicted octanol–water partition coefficient (Wildman–Crippen LogP) is 4.87. The quantitative estimate of drug-likeness (QED) is 0.187. The van der Waals surface area contributed by atoms with Crippen LogP contribution in [0.3, 0.4) is 0 Å². The molecule has 1 aliphatic heterocycles. The normalized spacial score (nSPS) is 18.5. The Labute approximate surface area is 179 Å². The fraction of sp³-hybridized carbons (Fsp3) is 0.261. The number of hydrogen-bond donors (Lipinski definition) is 4. The molecule has 0 fully saturated rings. The van der Waals surface area contributed by atoms with Gasteiger partial charge in [-0.1, -0.05) is 24.3 Å². The van der Waals surface area contributed by atoms with Crippen LogP contribution in [0.25, 0.3) is 10.9 Å². The van der Waals surface area contributed by atoms with Gasteiger partial charge in [-0.25, -0.2) is 4.79 Å². The Kier molecular flexibility index (Phi) is 6.30. The van der Waals surface area contributed by atoms with Crippen LogP contribution in [-0.4, -0.2) is 39.7 Å². The molecule has 1 aromatic heterocycles. The molecule has 0 saturated carbocycles. The molecule has 3 aromatic rings. The molecule has 7 heteroatoms. The third-order valence-electron chi connectivity index (χ3n) is 5.30. The lowest BCUT2D eigenvalue weighted by Crippen LogP contribution is -2.37. The highest BCUT2D eigenvalue weighted by Crippen LogP contribution is 2.30. The third kappa shape index (κ3) is 4.80. The molecule has 4 rings (SSSR count). The number of benzene rings is 2. The zero-order valence-electron chi connectivity index (χ0n) is 16.4. The average molecular weight is 425 g/mol. The van der Waals surface area contributed by atoms with Gasteiger partial charge in [0, 0.05) is 41.4 Å². The second-order valence-electron chi connectivity index (χ2n) is 7.29. The number of carbonyl (C=O) groups is 1. The number of ether oxygens (including phenoxy) is 1. The van der Waals surface area contributed by atoms with Crippen LogP contribution in [0.1, 0.15) is 23.5 Å². The SMILES string of the molecule is O=C(O)Oc1ccc2[nH]cc(CSCCC3NCC=CC3c3cccc(O)c3)c2c1. The van der Waals surface area contributed by atoms with Crippen molar-refractivity contribution in [2.45, 2.75) is 24.1 Å². The van der Waals surface area contributed by atoms with Crippen molar-refractivity contribution in [2.75, 3.05) is 12.3 Å². The number of phenols is 1. The molecule has 0 radical (unpaired) electrons. The maximum atomic E-state index is 10.8. The minimum Gasteiger partial charge on any atom is -0.508 e. The molecule has 0 amide bonds. The molecule has 0 saturated heterocycles. The van der Waals surface area contributed by atoms with Gasteiger partial charge in [0.2, 0.25) is 0 Å². The van der Waals surface area contributed by atoms with Crippen LogP contribution >= 0.6 is 11.8 Å². The first-order chi connectivity index (χ1) is 14.6. The summed E-state index contributed by atoms with van der Waals surface area (Å²) >= 11 is 1.85. The number of nitrogens with one attached hydrogen (secondary N) is 2. The Morgan fingerprint density at radius 1 is 1.23 bits per heavy atom. The fourth-order valence-electron chi connectivity index (χ4n) is 3.89. The largest absolute Gasteiger partial charge is 0.511 e. The number of aromatic amines is 1. The van der Waals surface area contributed by atoms with Crippen molar-refractivity contribution in [3.05, 3.63) is 71.9 Å². The highest BCUT2D eigenvalue weighted by molar-refractivity contribution is 7.98. The van der Waals surface area contributed by atoms with Crippen LogP contribution in [0.15, 0.2) is 60.8 Å². The summed E-state index contributed by atoms with van der Waals surface area (Å²) in [5.41, 5.74) is 3.22. The summed E-state index contributed by atoms with van der Waals surface area (Å²) in [6.07, 6.45) is 6.03. The molecule has 2 unspecified atom stereocenters. The van der Waals surface area contributed by atoms with Gasteiger partial charge >= 0.3 is 6.16 Å². The highest BCUT2D eigenvalue weighted by Gasteiger charge is 2.22. The number of aromatic nitrogens is 1. The summed E-state index contributed by atoms with van der Waals surface area (Å²) in [6.45, 7) is 0.861. The molecule has 2 aromatic carbocycles. The number of thioether (sulfide) groups is 1. The van der Waals surface area contributed by atoms with E-state index in [0.29, 0.717) is 17.5 Å². The third-order valence-corrected chi connectivity index (χ3v) is 6.34. The molecule has 0 bridgehead atoms. The summed E-state index contributed by atoms with van der Waals surface area (Å²) in [7, 11) is 0. The van der Waals surface area contributed by atoms with E-state index in [2.05, 4.69) is 28.5 Å². The van der Waals surface area contributed by atoms with Crippen LogP contribution < -0.4 is 10.1 Å². The average Bonchev–Trinajstić information content (AvgIpc) is 3.13. The van der Waals surface area contributed by atoms with Crippen molar-refractivity contribution in [1.82, 2.24) is 10.3 Å². The predicted molar refractivity (Wildman–Crippen MR) is 120 cm³/mol. The number of rotatable bonds is 7. The Balaban J connectivity index is 1.36. The monoisotopic (exact) mass is 424 g/mol. The van der Waals surface area contributed by atoms with Crippen LogP contribution in [0.5, 0.6) is 11.5 Å². The minimum absolute atomic E-state index is 0.246. The first kappa shape index (κ1) is 20.4. The van der Waals surface area contributed by atoms with E-state index in [4.69, 9.17) is 9.84 Å². The molecule has 30 heavy (non-hydrogen) atoms. The van der Waals surface area contributed by atoms with Gasteiger partial charge in [-0.15, -0.1) is 0 Å². The lowest BCUT2D eigenvalue weighted by atomic mass is 9.87. The zero-order valence-corrected chi connectivity index (χ0v) is 17.2. The maximum Gasteiger partial charge on any atom is 0.511 e. The summed E-state index contributed by atoms with van der Waals surface area (Å²) in [5.74, 6) is 2.68. The molecule has 156 valence electrons. The van der Waals surface area contributed by atoms with Gasteiger partial charge in [0.1, 0.15) is 11.5 Å². The molecular formula is C23H24N2O4S. The Morgan fingerprint density at radius 2 is 2.13 bits per heavy atom. The number of hydrogen-bond acceptors (Lipinski definition) is 5. The van der Waals surface area contributed by atoms with Crippen molar-refractivity contribution >= 4 is 28.8 Å². The van der Waals surface area contributed by atoms with Crippen molar-refractivity contribution in [2.24, 2.45) is 0 Å². The van der Waals surface area contributed by atoms with E-state index in [1.54, 1.807) is 18.2 Å². The summed E-state index contributed by atoms with van der Waals surface area (Å²) < 4.78 is 4.78. The number of H-pyrrole nitrogens is 1. The van der Waals surface area contributed by atoms with Crippen molar-refractivity contribution < 1.29 is 19.7 Å². The van der Waals surface area contributed by atoms with E-state index in [1.165, 1.54) is 0 Å². The molecule has 1 aliphatic rings. The summed E-state index contributed by atoms with van der Waals surface area (Å²) in [4.78, 5) is 14.0. The van der Waals surface area contributed by atoms with E-state index in [-0.39, 0.29) is 5.92 Å². The standard InChI is InChI=1S/C23H24N2O4S/c26-17-4-1-3-15(11-17)19-5-2-9-24-22(19)8-10-30-14-16-13-25-21-7-6-18(12-20(16)21)29-23(27)28/h1-7,11-13,19,22,24-26H,8-10,14H2,(H,27,28). The number of fused-ring (bicyclic) bond motifs is 1. The highest BCUT2D eigenvalue weighted by atomic mass is 32.2. The number of phenolic OH excluding ortho intramolecular Hbond substituents is 1. The lowest BCUT2D eigenvalue weighted by Gasteiger charge is -2.29. The fourth-order valence-corrected chi connectivity index (χ4v) is 4.91. The van der Waals surface area contributed by atoms with Gasteiger partial charge in [0.05, 0.1) is 0 Å². The summed E-state index contributed by atoms with van der Waals surface area (Å²) in [6, 6.07) is 13.0. The van der Waals surface area contributed by atoms with Crippen molar-refractivity contribution in [1.29, 1.82) is 0 Å². The molecule has 4 N–H and O–H groups in total. The molecule has 0 aliphatic carbocycles. The minimum atomic E-state index is -1.31. The second kappa shape index (κ2) is 9.28. The van der Waals surface area contributed by atoms with E-state index in [9.17, 15) is 9.90 Å². The smallest absolute Gasteiger partial charge is 0.508 e. The van der Waals surface area contributed by atoms with Gasteiger partial charge in [-0.2, -0.15) is 11.8 Å². The Bertz CT molecular complexity index is 1060. The molecule has 6 nitrogen and oxygen atoms in total. The van der Waals surface area contributed by atoms with Gasteiger partial charge in [0.15, 0.2) is 0 Å². The van der Waals surface area contributed by atoms with Crippen LogP contribution in [0, 0.1) is 0 Å². The Morgan fingerprint density at radius 3 is 2.97 bits per heavy atom. The zero-order chi connectivity index (χ0) is 20.9. The van der Waals surface area contributed by atoms with Crippen LogP contribution in [-0.2, 0) is 5.75 Å². The number of carboxylic acid groups (broad SMARTS) is 1. The van der Waals surface area contributed by atoms with E-state index < -0.39 is 6.16 Å².